The molecule has 1 heterocycles. The zero-order chi connectivity index (χ0) is 20.1. The van der Waals surface area contributed by atoms with Gasteiger partial charge in [-0.2, -0.15) is 0 Å². The largest absolute Gasteiger partial charge is 0.332 e. The van der Waals surface area contributed by atoms with E-state index in [0.29, 0.717) is 13.1 Å². The van der Waals surface area contributed by atoms with E-state index in [0.717, 1.165) is 19.6 Å². The van der Waals surface area contributed by atoms with Crippen molar-refractivity contribution in [2.45, 2.75) is 13.5 Å². The molecular formula is C22H27FN3O2+. The maximum atomic E-state index is 13.8. The second-order valence-corrected chi connectivity index (χ2v) is 7.44. The summed E-state index contributed by atoms with van der Waals surface area (Å²) in [6.07, 6.45) is 0. The Morgan fingerprint density at radius 2 is 1.82 bits per heavy atom. The summed E-state index contributed by atoms with van der Waals surface area (Å²) in [4.78, 5) is 29.5. The summed E-state index contributed by atoms with van der Waals surface area (Å²) < 4.78 is 13.8. The number of amides is 2. The number of piperazine rings is 1. The minimum atomic E-state index is -0.569. The van der Waals surface area contributed by atoms with E-state index in [2.05, 4.69) is 31.2 Å². The zero-order valence-corrected chi connectivity index (χ0v) is 16.5. The van der Waals surface area contributed by atoms with Gasteiger partial charge in [0.1, 0.15) is 12.4 Å². The van der Waals surface area contributed by atoms with Crippen molar-refractivity contribution in [1.29, 1.82) is 0 Å². The summed E-state index contributed by atoms with van der Waals surface area (Å²) in [6.45, 7) is 6.10. The number of quaternary nitrogens is 1. The Morgan fingerprint density at radius 3 is 2.50 bits per heavy atom. The second kappa shape index (κ2) is 8.97. The van der Waals surface area contributed by atoms with Crippen LogP contribution in [0.25, 0.3) is 0 Å². The molecule has 2 amide bonds. The minimum Gasteiger partial charge on any atom is -0.332 e. The van der Waals surface area contributed by atoms with Crippen molar-refractivity contribution >= 4 is 11.8 Å². The summed E-state index contributed by atoms with van der Waals surface area (Å²) in [5.74, 6) is -1.14. The summed E-state index contributed by atoms with van der Waals surface area (Å²) in [7, 11) is 1.53. The van der Waals surface area contributed by atoms with Crippen molar-refractivity contribution in [1.82, 2.24) is 9.80 Å². The van der Waals surface area contributed by atoms with E-state index >= 15 is 0 Å². The molecule has 0 aromatic heterocycles. The summed E-state index contributed by atoms with van der Waals surface area (Å²) >= 11 is 0. The lowest BCUT2D eigenvalue weighted by molar-refractivity contribution is -0.917. The number of nitrogens with one attached hydrogen (secondary N) is 1. The van der Waals surface area contributed by atoms with Crippen molar-refractivity contribution in [3.63, 3.8) is 0 Å². The molecule has 6 heteroatoms. The van der Waals surface area contributed by atoms with E-state index in [4.69, 9.17) is 0 Å². The molecular weight excluding hydrogens is 357 g/mol. The molecule has 2 aromatic rings. The normalized spacial score (nSPS) is 14.8. The lowest BCUT2D eigenvalue weighted by Gasteiger charge is -2.33. The molecule has 1 fully saturated rings. The van der Waals surface area contributed by atoms with E-state index < -0.39 is 11.7 Å². The van der Waals surface area contributed by atoms with Crippen LogP contribution in [0.5, 0.6) is 0 Å². The summed E-state index contributed by atoms with van der Waals surface area (Å²) in [6, 6.07) is 14.3. The van der Waals surface area contributed by atoms with E-state index in [-0.39, 0.29) is 18.0 Å². The van der Waals surface area contributed by atoms with Gasteiger partial charge in [0.25, 0.3) is 5.91 Å². The first kappa shape index (κ1) is 20.0. The van der Waals surface area contributed by atoms with E-state index in [1.54, 1.807) is 11.0 Å². The fraction of sp³-hybridized carbons (Fsp3) is 0.364. The van der Waals surface area contributed by atoms with Gasteiger partial charge < -0.3 is 14.7 Å². The van der Waals surface area contributed by atoms with Crippen LogP contribution in [0.15, 0.2) is 48.5 Å². The van der Waals surface area contributed by atoms with Crippen LogP contribution in [0.2, 0.25) is 0 Å². The number of hydrogen-bond donors (Lipinski definition) is 1. The number of likely N-dealkylation sites (N-methyl/N-ethyl adjacent to an activating group) is 1. The zero-order valence-electron chi connectivity index (χ0n) is 16.5. The average molecular weight is 384 g/mol. The maximum absolute atomic E-state index is 13.8. The van der Waals surface area contributed by atoms with Crippen molar-refractivity contribution in [3.8, 4) is 0 Å². The molecule has 0 unspecified atom stereocenters. The van der Waals surface area contributed by atoms with Gasteiger partial charge in [-0.15, -0.1) is 0 Å². The standard InChI is InChI=1S/C22H26FN3O2/c1-17-6-5-7-18(14-17)15-25-10-12-26(13-11-25)21(27)16-24(2)22(28)19-8-3-4-9-20(19)23/h3-9,14H,10-13,15-16H2,1-2H3/p+1. The molecule has 0 atom stereocenters. The monoisotopic (exact) mass is 384 g/mol. The second-order valence-electron chi connectivity index (χ2n) is 7.44. The third kappa shape index (κ3) is 4.95. The lowest BCUT2D eigenvalue weighted by Crippen LogP contribution is -3.13. The summed E-state index contributed by atoms with van der Waals surface area (Å²) in [5, 5.41) is 0. The van der Waals surface area contributed by atoms with Crippen molar-refractivity contribution < 1.29 is 18.9 Å². The Bertz CT molecular complexity index is 847. The number of carbonyl (C=O) groups is 2. The molecule has 0 bridgehead atoms. The SMILES string of the molecule is Cc1cccc(C[NH+]2CCN(C(=O)CN(C)C(=O)c3ccccc3F)CC2)c1. The molecule has 148 valence electrons. The molecule has 0 radical (unpaired) electrons. The van der Waals surface area contributed by atoms with Crippen LogP contribution in [0.1, 0.15) is 21.5 Å². The number of benzene rings is 2. The third-order valence-corrected chi connectivity index (χ3v) is 5.18. The highest BCUT2D eigenvalue weighted by Crippen LogP contribution is 2.09. The predicted octanol–water partition coefficient (Wildman–Crippen LogP) is 1.13. The van der Waals surface area contributed by atoms with Gasteiger partial charge in [0.05, 0.1) is 38.3 Å². The van der Waals surface area contributed by atoms with Gasteiger partial charge in [0.2, 0.25) is 5.91 Å². The molecule has 0 spiro atoms. The Morgan fingerprint density at radius 1 is 1.11 bits per heavy atom. The highest BCUT2D eigenvalue weighted by atomic mass is 19.1. The number of aryl methyl sites for hydroxylation is 1. The van der Waals surface area contributed by atoms with Crippen LogP contribution in [0.4, 0.5) is 4.39 Å². The first-order valence-corrected chi connectivity index (χ1v) is 9.61. The third-order valence-electron chi connectivity index (χ3n) is 5.18. The van der Waals surface area contributed by atoms with Crippen molar-refractivity contribution in [3.05, 3.63) is 71.0 Å². The molecule has 1 aliphatic rings. The maximum Gasteiger partial charge on any atom is 0.257 e. The number of halogens is 1. The van der Waals surface area contributed by atoms with E-state index in [1.807, 2.05) is 0 Å². The van der Waals surface area contributed by atoms with Gasteiger partial charge in [-0.3, -0.25) is 9.59 Å². The van der Waals surface area contributed by atoms with Gasteiger partial charge in [-0.25, -0.2) is 4.39 Å². The average Bonchev–Trinajstić information content (AvgIpc) is 2.68. The van der Waals surface area contributed by atoms with Crippen LogP contribution in [0, 0.1) is 12.7 Å². The van der Waals surface area contributed by atoms with E-state index in [1.165, 1.54) is 46.2 Å². The van der Waals surface area contributed by atoms with Crippen molar-refractivity contribution in [2.24, 2.45) is 0 Å². The molecule has 0 saturated carbocycles. The highest BCUT2D eigenvalue weighted by Gasteiger charge is 2.26. The minimum absolute atomic E-state index is 0.00906. The topological polar surface area (TPSA) is 45.1 Å². The van der Waals surface area contributed by atoms with Crippen LogP contribution >= 0.6 is 0 Å². The Hall–Kier alpha value is -2.73. The van der Waals surface area contributed by atoms with Crippen LogP contribution < -0.4 is 4.90 Å². The smallest absolute Gasteiger partial charge is 0.257 e. The molecule has 2 aromatic carbocycles. The van der Waals surface area contributed by atoms with Gasteiger partial charge in [0, 0.05) is 12.6 Å². The Balaban J connectivity index is 1.49. The first-order chi connectivity index (χ1) is 13.4. The number of carbonyl (C=O) groups excluding carboxylic acids is 2. The molecule has 1 aliphatic heterocycles. The fourth-order valence-corrected chi connectivity index (χ4v) is 3.57. The summed E-state index contributed by atoms with van der Waals surface area (Å²) in [5.41, 5.74) is 2.56. The quantitative estimate of drug-likeness (QED) is 0.840. The predicted molar refractivity (Wildman–Crippen MR) is 106 cm³/mol. The lowest BCUT2D eigenvalue weighted by atomic mass is 10.1. The van der Waals surface area contributed by atoms with E-state index in [9.17, 15) is 14.0 Å². The molecule has 0 aliphatic carbocycles. The van der Waals surface area contributed by atoms with Crippen LogP contribution in [-0.2, 0) is 11.3 Å². The molecule has 28 heavy (non-hydrogen) atoms. The van der Waals surface area contributed by atoms with Crippen LogP contribution in [0.3, 0.4) is 0 Å². The van der Waals surface area contributed by atoms with Gasteiger partial charge >= 0.3 is 0 Å². The Kier molecular flexibility index (Phi) is 6.41. The highest BCUT2D eigenvalue weighted by molar-refractivity contribution is 5.96. The van der Waals surface area contributed by atoms with Crippen molar-refractivity contribution in [2.75, 3.05) is 39.8 Å². The van der Waals surface area contributed by atoms with Gasteiger partial charge in [0.15, 0.2) is 0 Å². The van der Waals surface area contributed by atoms with Crippen LogP contribution in [-0.4, -0.2) is 61.4 Å². The van der Waals surface area contributed by atoms with Gasteiger partial charge in [-0.05, 0) is 19.1 Å². The first-order valence-electron chi connectivity index (χ1n) is 9.61. The molecule has 5 nitrogen and oxygen atoms in total. The Labute approximate surface area is 165 Å². The molecule has 3 rings (SSSR count). The molecule has 1 N–H and O–H groups in total. The number of rotatable bonds is 5. The number of hydrogen-bond acceptors (Lipinski definition) is 2. The van der Waals surface area contributed by atoms with Gasteiger partial charge in [-0.1, -0.05) is 42.0 Å². The fourth-order valence-electron chi connectivity index (χ4n) is 3.57. The molecule has 1 saturated heterocycles. The number of nitrogens with zero attached hydrogens (tertiary/aromatic N) is 2.